The van der Waals surface area contributed by atoms with Gasteiger partial charge >= 0.3 is 0 Å². The molecule has 1 aromatic rings. The minimum Gasteiger partial charge on any atom is -0.384 e. The molecule has 1 aliphatic heterocycles. The summed E-state index contributed by atoms with van der Waals surface area (Å²) in [5.41, 5.74) is 8.26. The van der Waals surface area contributed by atoms with Gasteiger partial charge in [0.1, 0.15) is 0 Å². The van der Waals surface area contributed by atoms with Crippen molar-refractivity contribution in [2.45, 2.75) is 12.3 Å². The van der Waals surface area contributed by atoms with Crippen molar-refractivity contribution in [3.63, 3.8) is 0 Å². The number of para-hydroxylation sites is 1. The number of nitrogens with one attached hydrogen (secondary N) is 1. The smallest absolute Gasteiger partial charge is 0.0376 e. The van der Waals surface area contributed by atoms with E-state index in [1.165, 1.54) is 11.3 Å². The van der Waals surface area contributed by atoms with Gasteiger partial charge < -0.3 is 11.1 Å². The fraction of sp³-hybridized carbons (Fsp3) is 0.400. The molecule has 0 bridgehead atoms. The predicted octanol–water partition coefficient (Wildman–Crippen LogP) is 1.97. The first-order valence-electron chi connectivity index (χ1n) is 4.44. The van der Waals surface area contributed by atoms with Gasteiger partial charge in [0.2, 0.25) is 0 Å². The summed E-state index contributed by atoms with van der Waals surface area (Å²) in [6.07, 6.45) is 1.09. The van der Waals surface area contributed by atoms with Crippen LogP contribution in [0.4, 0.5) is 5.69 Å². The summed E-state index contributed by atoms with van der Waals surface area (Å²) in [7, 11) is 0. The first kappa shape index (κ1) is 10.4. The zero-order chi connectivity index (χ0) is 8.39. The quantitative estimate of drug-likeness (QED) is 0.763. The van der Waals surface area contributed by atoms with E-state index in [0.717, 1.165) is 19.5 Å². The van der Waals surface area contributed by atoms with E-state index in [-0.39, 0.29) is 12.4 Å². The van der Waals surface area contributed by atoms with E-state index in [1.807, 2.05) is 0 Å². The number of halogens is 1. The third kappa shape index (κ3) is 1.95. The van der Waals surface area contributed by atoms with Gasteiger partial charge in [0.15, 0.2) is 0 Å². The molecule has 1 aromatic carbocycles. The van der Waals surface area contributed by atoms with Crippen molar-refractivity contribution >= 4 is 18.1 Å². The predicted molar refractivity (Wildman–Crippen MR) is 58.6 cm³/mol. The molecule has 72 valence electrons. The van der Waals surface area contributed by atoms with Gasteiger partial charge in [-0.05, 0) is 24.6 Å². The molecule has 0 fully saturated rings. The summed E-state index contributed by atoms with van der Waals surface area (Å²) in [5, 5.41) is 3.38. The Morgan fingerprint density at radius 2 is 2.15 bits per heavy atom. The maximum atomic E-state index is 5.54. The Balaban J connectivity index is 0.000000845. The van der Waals surface area contributed by atoms with Crippen LogP contribution in [0.5, 0.6) is 0 Å². The van der Waals surface area contributed by atoms with Gasteiger partial charge in [-0.2, -0.15) is 0 Å². The van der Waals surface area contributed by atoms with Crippen molar-refractivity contribution in [3.8, 4) is 0 Å². The Morgan fingerprint density at radius 3 is 2.92 bits per heavy atom. The highest BCUT2D eigenvalue weighted by Crippen LogP contribution is 2.32. The molecule has 0 aliphatic carbocycles. The SMILES string of the molecule is Cl.NCCC1CNc2ccccc21. The summed E-state index contributed by atoms with van der Waals surface area (Å²) in [4.78, 5) is 0. The van der Waals surface area contributed by atoms with Gasteiger partial charge in [-0.1, -0.05) is 18.2 Å². The molecule has 3 heteroatoms. The molecule has 0 saturated heterocycles. The van der Waals surface area contributed by atoms with Crippen LogP contribution in [0.2, 0.25) is 0 Å². The first-order chi connectivity index (χ1) is 5.92. The lowest BCUT2D eigenvalue weighted by atomic mass is 9.98. The molecule has 1 aliphatic rings. The molecule has 0 spiro atoms. The largest absolute Gasteiger partial charge is 0.384 e. The Bertz CT molecular complexity index is 273. The highest BCUT2D eigenvalue weighted by atomic mass is 35.5. The molecular formula is C10H15ClN2. The average molecular weight is 199 g/mol. The molecular weight excluding hydrogens is 184 g/mol. The van der Waals surface area contributed by atoms with E-state index in [2.05, 4.69) is 29.6 Å². The minimum absolute atomic E-state index is 0. The van der Waals surface area contributed by atoms with Crippen molar-refractivity contribution in [2.75, 3.05) is 18.4 Å². The lowest BCUT2D eigenvalue weighted by Crippen LogP contribution is -2.08. The van der Waals surface area contributed by atoms with Crippen LogP contribution in [0.3, 0.4) is 0 Å². The van der Waals surface area contributed by atoms with Crippen molar-refractivity contribution in [1.29, 1.82) is 0 Å². The summed E-state index contributed by atoms with van der Waals surface area (Å²) < 4.78 is 0. The molecule has 2 nitrogen and oxygen atoms in total. The number of anilines is 1. The zero-order valence-corrected chi connectivity index (χ0v) is 8.31. The Labute approximate surface area is 84.9 Å². The van der Waals surface area contributed by atoms with Crippen molar-refractivity contribution in [3.05, 3.63) is 29.8 Å². The van der Waals surface area contributed by atoms with Crippen LogP contribution in [0.15, 0.2) is 24.3 Å². The van der Waals surface area contributed by atoms with Gasteiger partial charge in [0, 0.05) is 18.2 Å². The monoisotopic (exact) mass is 198 g/mol. The topological polar surface area (TPSA) is 38.0 Å². The van der Waals surface area contributed by atoms with Gasteiger partial charge in [-0.3, -0.25) is 0 Å². The normalized spacial score (nSPS) is 18.7. The maximum absolute atomic E-state index is 5.54. The number of benzene rings is 1. The van der Waals surface area contributed by atoms with Crippen molar-refractivity contribution in [2.24, 2.45) is 5.73 Å². The number of fused-ring (bicyclic) bond motifs is 1. The third-order valence-corrected chi connectivity index (χ3v) is 2.45. The summed E-state index contributed by atoms with van der Waals surface area (Å²) in [5.74, 6) is 0.631. The molecule has 3 N–H and O–H groups in total. The van der Waals surface area contributed by atoms with Crippen LogP contribution in [-0.2, 0) is 0 Å². The van der Waals surface area contributed by atoms with E-state index >= 15 is 0 Å². The summed E-state index contributed by atoms with van der Waals surface area (Å²) >= 11 is 0. The maximum Gasteiger partial charge on any atom is 0.0376 e. The van der Waals surface area contributed by atoms with E-state index < -0.39 is 0 Å². The first-order valence-corrected chi connectivity index (χ1v) is 4.44. The molecule has 0 aromatic heterocycles. The van der Waals surface area contributed by atoms with Crippen molar-refractivity contribution in [1.82, 2.24) is 0 Å². The zero-order valence-electron chi connectivity index (χ0n) is 7.49. The Morgan fingerprint density at radius 1 is 1.38 bits per heavy atom. The Kier molecular flexibility index (Phi) is 3.58. The minimum atomic E-state index is 0. The molecule has 2 rings (SSSR count). The van der Waals surface area contributed by atoms with E-state index in [4.69, 9.17) is 5.73 Å². The lowest BCUT2D eigenvalue weighted by Gasteiger charge is -2.06. The second-order valence-electron chi connectivity index (χ2n) is 3.24. The molecule has 13 heavy (non-hydrogen) atoms. The number of hydrogen-bond acceptors (Lipinski definition) is 2. The van der Waals surface area contributed by atoms with Gasteiger partial charge in [-0.25, -0.2) is 0 Å². The van der Waals surface area contributed by atoms with Crippen LogP contribution < -0.4 is 11.1 Å². The van der Waals surface area contributed by atoms with Crippen molar-refractivity contribution < 1.29 is 0 Å². The van der Waals surface area contributed by atoms with E-state index in [0.29, 0.717) is 5.92 Å². The summed E-state index contributed by atoms with van der Waals surface area (Å²) in [6.45, 7) is 1.83. The second-order valence-corrected chi connectivity index (χ2v) is 3.24. The fourth-order valence-electron chi connectivity index (χ4n) is 1.82. The second kappa shape index (κ2) is 4.49. The van der Waals surface area contributed by atoms with Gasteiger partial charge in [-0.15, -0.1) is 12.4 Å². The lowest BCUT2D eigenvalue weighted by molar-refractivity contribution is 0.686. The van der Waals surface area contributed by atoms with E-state index in [1.54, 1.807) is 0 Å². The average Bonchev–Trinajstić information content (AvgIpc) is 2.50. The molecule has 0 amide bonds. The van der Waals surface area contributed by atoms with Crippen LogP contribution in [0, 0.1) is 0 Å². The number of hydrogen-bond donors (Lipinski definition) is 2. The van der Waals surface area contributed by atoms with Gasteiger partial charge in [0.05, 0.1) is 0 Å². The highest BCUT2D eigenvalue weighted by Gasteiger charge is 2.19. The number of nitrogens with two attached hydrogens (primary N) is 1. The molecule has 1 atom stereocenters. The standard InChI is InChI=1S/C10H14N2.ClH/c11-6-5-8-7-12-10-4-2-1-3-9(8)10;/h1-4,8,12H,5-7,11H2;1H. The highest BCUT2D eigenvalue weighted by molar-refractivity contribution is 5.85. The molecule has 1 heterocycles. The van der Waals surface area contributed by atoms with E-state index in [9.17, 15) is 0 Å². The number of rotatable bonds is 2. The molecule has 1 unspecified atom stereocenters. The Hall–Kier alpha value is -0.730. The van der Waals surface area contributed by atoms with Gasteiger partial charge in [0.25, 0.3) is 0 Å². The van der Waals surface area contributed by atoms with Crippen LogP contribution in [0.1, 0.15) is 17.9 Å². The van der Waals surface area contributed by atoms with Crippen LogP contribution in [-0.4, -0.2) is 13.1 Å². The van der Waals surface area contributed by atoms with Crippen LogP contribution in [0.25, 0.3) is 0 Å². The fourth-order valence-corrected chi connectivity index (χ4v) is 1.82. The third-order valence-electron chi connectivity index (χ3n) is 2.45. The van der Waals surface area contributed by atoms with Crippen LogP contribution >= 0.6 is 12.4 Å². The molecule has 0 saturated carbocycles. The molecule has 0 radical (unpaired) electrons. The summed E-state index contributed by atoms with van der Waals surface area (Å²) in [6, 6.07) is 8.48.